The van der Waals surface area contributed by atoms with Crippen LogP contribution in [0.2, 0.25) is 0 Å². The van der Waals surface area contributed by atoms with Gasteiger partial charge in [0.25, 0.3) is 5.91 Å². The van der Waals surface area contributed by atoms with Gasteiger partial charge in [0.15, 0.2) is 6.61 Å². The lowest BCUT2D eigenvalue weighted by atomic mass is 10.2. The second-order valence-corrected chi connectivity index (χ2v) is 6.36. The minimum absolute atomic E-state index is 0.138. The van der Waals surface area contributed by atoms with E-state index >= 15 is 0 Å². The minimum atomic E-state index is -0.253. The molecule has 2 rings (SSSR count). The molecule has 0 unspecified atom stereocenters. The number of rotatable bonds is 6. The summed E-state index contributed by atoms with van der Waals surface area (Å²) in [5, 5.41) is 6.59. The van der Waals surface area contributed by atoms with Crippen LogP contribution in [-0.2, 0) is 9.63 Å². The number of carbonyl (C=O) groups is 1. The number of anilines is 2. The number of nitrogens with zero attached hydrogens (tertiary/aromatic N) is 2. The highest BCUT2D eigenvalue weighted by atomic mass is 79.9. The monoisotopic (exact) mass is 389 g/mol. The lowest BCUT2D eigenvalue weighted by Crippen LogP contribution is -2.17. The van der Waals surface area contributed by atoms with Crippen LogP contribution in [0.3, 0.4) is 0 Å². The second kappa shape index (κ2) is 8.49. The predicted octanol–water partition coefficient (Wildman–Crippen LogP) is 3.81. The molecule has 0 atom stereocenters. The Bertz CT molecular complexity index is 728. The molecule has 0 aliphatic heterocycles. The molecular weight excluding hydrogens is 370 g/mol. The zero-order chi connectivity index (χ0) is 17.5. The summed E-state index contributed by atoms with van der Waals surface area (Å²) in [7, 11) is 3.97. The van der Waals surface area contributed by atoms with Gasteiger partial charge in [-0.15, -0.1) is 0 Å². The number of benzene rings is 2. The summed E-state index contributed by atoms with van der Waals surface area (Å²) >= 11 is 3.42. The average molecular weight is 390 g/mol. The van der Waals surface area contributed by atoms with Crippen molar-refractivity contribution in [2.75, 3.05) is 30.9 Å². The summed E-state index contributed by atoms with van der Waals surface area (Å²) < 4.78 is 1.00. The van der Waals surface area contributed by atoms with Gasteiger partial charge in [0.2, 0.25) is 0 Å². The van der Waals surface area contributed by atoms with Crippen LogP contribution in [0, 0.1) is 6.92 Å². The molecular formula is C18H20BrN3O2. The molecule has 1 amide bonds. The van der Waals surface area contributed by atoms with E-state index in [1.54, 1.807) is 6.21 Å². The molecule has 1 N–H and O–H groups in total. The Morgan fingerprint density at radius 2 is 1.96 bits per heavy atom. The number of aryl methyl sites for hydroxylation is 1. The summed E-state index contributed by atoms with van der Waals surface area (Å²) in [6.45, 7) is 1.82. The van der Waals surface area contributed by atoms with Crippen LogP contribution in [-0.4, -0.2) is 32.8 Å². The Balaban J connectivity index is 1.80. The van der Waals surface area contributed by atoms with E-state index in [0.717, 1.165) is 27.0 Å². The van der Waals surface area contributed by atoms with Crippen molar-refractivity contribution in [3.05, 3.63) is 58.1 Å². The molecule has 2 aromatic rings. The topological polar surface area (TPSA) is 53.9 Å². The molecule has 0 aromatic heterocycles. The highest BCUT2D eigenvalue weighted by Crippen LogP contribution is 2.19. The highest BCUT2D eigenvalue weighted by molar-refractivity contribution is 9.10. The maximum atomic E-state index is 11.8. The van der Waals surface area contributed by atoms with Crippen molar-refractivity contribution in [2.24, 2.45) is 5.16 Å². The number of hydrogen-bond donors (Lipinski definition) is 1. The van der Waals surface area contributed by atoms with Gasteiger partial charge in [0, 0.05) is 29.9 Å². The molecule has 0 saturated carbocycles. The van der Waals surface area contributed by atoms with Gasteiger partial charge >= 0.3 is 0 Å². The maximum Gasteiger partial charge on any atom is 0.265 e. The number of nitrogens with one attached hydrogen (secondary N) is 1. The fraction of sp³-hybridized carbons (Fsp3) is 0.222. The molecule has 5 nitrogen and oxygen atoms in total. The van der Waals surface area contributed by atoms with Crippen molar-refractivity contribution < 1.29 is 9.63 Å². The Labute approximate surface area is 150 Å². The van der Waals surface area contributed by atoms with Crippen LogP contribution < -0.4 is 10.2 Å². The van der Waals surface area contributed by atoms with Crippen LogP contribution in [0.1, 0.15) is 11.1 Å². The Morgan fingerprint density at radius 1 is 1.25 bits per heavy atom. The van der Waals surface area contributed by atoms with Crippen LogP contribution in [0.4, 0.5) is 11.4 Å². The van der Waals surface area contributed by atoms with Crippen molar-refractivity contribution in [3.8, 4) is 0 Å². The first-order chi connectivity index (χ1) is 11.5. The van der Waals surface area contributed by atoms with Crippen molar-refractivity contribution >= 4 is 39.4 Å². The third-order valence-electron chi connectivity index (χ3n) is 3.32. The first-order valence-corrected chi connectivity index (χ1v) is 8.24. The standard InChI is InChI=1S/C18H20BrN3O2/c1-13-10-15(6-9-17(13)19)21-18(23)12-24-20-11-14-4-7-16(8-5-14)22(2)3/h4-11H,12H2,1-3H3,(H,21,23)/b20-11-. The van der Waals surface area contributed by atoms with E-state index in [4.69, 9.17) is 4.84 Å². The molecule has 0 bridgehead atoms. The zero-order valence-corrected chi connectivity index (χ0v) is 15.5. The lowest BCUT2D eigenvalue weighted by molar-refractivity contribution is -0.120. The fourth-order valence-electron chi connectivity index (χ4n) is 1.97. The number of amides is 1. The van der Waals surface area contributed by atoms with Crippen molar-refractivity contribution in [2.45, 2.75) is 6.92 Å². The molecule has 2 aromatic carbocycles. The summed E-state index contributed by atoms with van der Waals surface area (Å²) in [5.74, 6) is -0.253. The molecule has 0 radical (unpaired) electrons. The van der Waals surface area contributed by atoms with Crippen molar-refractivity contribution in [3.63, 3.8) is 0 Å². The number of halogens is 1. The quantitative estimate of drug-likeness (QED) is 0.603. The SMILES string of the molecule is Cc1cc(NC(=O)CO/N=C\c2ccc(N(C)C)cc2)ccc1Br. The van der Waals surface area contributed by atoms with E-state index < -0.39 is 0 Å². The summed E-state index contributed by atoms with van der Waals surface area (Å²) in [6, 6.07) is 13.5. The number of hydrogen-bond acceptors (Lipinski definition) is 4. The lowest BCUT2D eigenvalue weighted by Gasteiger charge is -2.11. The number of carbonyl (C=O) groups excluding carboxylic acids is 1. The van der Waals surface area contributed by atoms with Crippen molar-refractivity contribution in [1.29, 1.82) is 0 Å². The van der Waals surface area contributed by atoms with E-state index in [1.165, 1.54) is 0 Å². The summed E-state index contributed by atoms with van der Waals surface area (Å²) in [5.41, 5.74) is 3.79. The normalized spacial score (nSPS) is 10.7. The largest absolute Gasteiger partial charge is 0.386 e. The molecule has 0 fully saturated rings. The zero-order valence-electron chi connectivity index (χ0n) is 13.9. The van der Waals surface area contributed by atoms with E-state index in [9.17, 15) is 4.79 Å². The van der Waals surface area contributed by atoms with Gasteiger partial charge < -0.3 is 15.1 Å². The second-order valence-electron chi connectivity index (χ2n) is 5.51. The van der Waals surface area contributed by atoms with Crippen LogP contribution in [0.15, 0.2) is 52.1 Å². The number of oxime groups is 1. The van der Waals surface area contributed by atoms with Gasteiger partial charge in [-0.2, -0.15) is 0 Å². The summed E-state index contributed by atoms with van der Waals surface area (Å²) in [4.78, 5) is 18.9. The smallest absolute Gasteiger partial charge is 0.265 e. The van der Waals surface area contributed by atoms with Crippen molar-refractivity contribution in [1.82, 2.24) is 0 Å². The molecule has 0 spiro atoms. The van der Waals surface area contributed by atoms with Gasteiger partial charge in [0.05, 0.1) is 6.21 Å². The molecule has 0 aliphatic carbocycles. The highest BCUT2D eigenvalue weighted by Gasteiger charge is 2.04. The van der Waals surface area contributed by atoms with Gasteiger partial charge in [-0.3, -0.25) is 4.79 Å². The van der Waals surface area contributed by atoms with Gasteiger partial charge in [-0.25, -0.2) is 0 Å². The van der Waals surface area contributed by atoms with Gasteiger partial charge in [-0.05, 0) is 48.4 Å². The molecule has 24 heavy (non-hydrogen) atoms. The molecule has 0 saturated heterocycles. The Morgan fingerprint density at radius 3 is 2.58 bits per heavy atom. The molecule has 6 heteroatoms. The first kappa shape index (κ1) is 18.0. The fourth-order valence-corrected chi connectivity index (χ4v) is 2.22. The molecule has 126 valence electrons. The molecule has 0 heterocycles. The van der Waals surface area contributed by atoms with Crippen LogP contribution in [0.5, 0.6) is 0 Å². The Hall–Kier alpha value is -2.34. The predicted molar refractivity (Wildman–Crippen MR) is 102 cm³/mol. The van der Waals surface area contributed by atoms with Gasteiger partial charge in [0.1, 0.15) is 0 Å². The minimum Gasteiger partial charge on any atom is -0.386 e. The van der Waals surface area contributed by atoms with E-state index in [2.05, 4.69) is 26.4 Å². The van der Waals surface area contributed by atoms with E-state index in [-0.39, 0.29) is 12.5 Å². The Kier molecular flexibility index (Phi) is 6.37. The van der Waals surface area contributed by atoms with Crippen LogP contribution >= 0.6 is 15.9 Å². The average Bonchev–Trinajstić information content (AvgIpc) is 2.55. The summed E-state index contributed by atoms with van der Waals surface area (Å²) in [6.07, 6.45) is 1.58. The van der Waals surface area contributed by atoms with E-state index in [0.29, 0.717) is 0 Å². The third kappa shape index (κ3) is 5.38. The van der Waals surface area contributed by atoms with E-state index in [1.807, 2.05) is 68.4 Å². The third-order valence-corrected chi connectivity index (χ3v) is 4.21. The molecule has 0 aliphatic rings. The van der Waals surface area contributed by atoms with Crippen LogP contribution in [0.25, 0.3) is 0 Å². The maximum absolute atomic E-state index is 11.8. The first-order valence-electron chi connectivity index (χ1n) is 7.44. The van der Waals surface area contributed by atoms with Gasteiger partial charge in [-0.1, -0.05) is 33.2 Å².